The van der Waals surface area contributed by atoms with Gasteiger partial charge in [0, 0.05) is 19.2 Å². The Bertz CT molecular complexity index is 581. The summed E-state index contributed by atoms with van der Waals surface area (Å²) in [5.74, 6) is 2.14. The summed E-state index contributed by atoms with van der Waals surface area (Å²) < 4.78 is 13.0. The lowest BCUT2D eigenvalue weighted by atomic mass is 10.2. The molecule has 21 heavy (non-hydrogen) atoms. The molecular formula is C16H23ClN2O2. The number of fused-ring (bicyclic) bond motifs is 1. The summed E-state index contributed by atoms with van der Waals surface area (Å²) in [4.78, 5) is 4.59. The largest absolute Gasteiger partial charge is 0.497 e. The van der Waals surface area contributed by atoms with E-state index in [0.717, 1.165) is 48.6 Å². The van der Waals surface area contributed by atoms with Crippen molar-refractivity contribution < 1.29 is 9.47 Å². The van der Waals surface area contributed by atoms with Crippen molar-refractivity contribution in [1.29, 1.82) is 0 Å². The molecule has 0 spiro atoms. The summed E-state index contributed by atoms with van der Waals surface area (Å²) in [7, 11) is 1.66. The van der Waals surface area contributed by atoms with E-state index in [2.05, 4.69) is 23.4 Å². The number of benzene rings is 1. The van der Waals surface area contributed by atoms with Gasteiger partial charge in [-0.1, -0.05) is 0 Å². The monoisotopic (exact) mass is 310 g/mol. The van der Waals surface area contributed by atoms with Crippen LogP contribution in [0.1, 0.15) is 32.5 Å². The Hall–Kier alpha value is -1.26. The fourth-order valence-electron chi connectivity index (χ4n) is 2.33. The molecule has 0 bridgehead atoms. The van der Waals surface area contributed by atoms with Gasteiger partial charge in [-0.2, -0.15) is 0 Å². The number of halogens is 1. The SMILES string of the molecule is COc1ccc2c(c1)nc(CCl)n2CCCCOC(C)C. The Labute approximate surface area is 131 Å². The summed E-state index contributed by atoms with van der Waals surface area (Å²) in [5, 5.41) is 0. The minimum absolute atomic E-state index is 0.296. The molecule has 0 saturated heterocycles. The zero-order valence-corrected chi connectivity index (χ0v) is 13.7. The lowest BCUT2D eigenvalue weighted by molar-refractivity contribution is 0.0754. The van der Waals surface area contributed by atoms with Crippen LogP contribution in [0.25, 0.3) is 11.0 Å². The van der Waals surface area contributed by atoms with Gasteiger partial charge in [-0.3, -0.25) is 0 Å². The van der Waals surface area contributed by atoms with Crippen molar-refractivity contribution in [3.05, 3.63) is 24.0 Å². The third-order valence-corrected chi connectivity index (χ3v) is 3.62. The molecule has 0 fully saturated rings. The average molecular weight is 311 g/mol. The third kappa shape index (κ3) is 4.11. The van der Waals surface area contributed by atoms with E-state index in [4.69, 9.17) is 21.1 Å². The smallest absolute Gasteiger partial charge is 0.124 e. The number of methoxy groups -OCH3 is 1. The molecule has 116 valence electrons. The molecule has 5 heteroatoms. The second-order valence-electron chi connectivity index (χ2n) is 5.29. The van der Waals surface area contributed by atoms with Crippen LogP contribution in [0, 0.1) is 0 Å². The first-order chi connectivity index (χ1) is 10.2. The Morgan fingerprint density at radius 3 is 2.76 bits per heavy atom. The number of unbranched alkanes of at least 4 members (excludes halogenated alkanes) is 1. The van der Waals surface area contributed by atoms with Crippen molar-refractivity contribution >= 4 is 22.6 Å². The van der Waals surface area contributed by atoms with Gasteiger partial charge in [0.05, 0.1) is 30.1 Å². The highest BCUT2D eigenvalue weighted by Gasteiger charge is 2.10. The van der Waals surface area contributed by atoms with Crippen molar-refractivity contribution in [3.8, 4) is 5.75 Å². The molecule has 1 aromatic carbocycles. The normalized spacial score (nSPS) is 11.5. The van der Waals surface area contributed by atoms with Crippen molar-refractivity contribution in [1.82, 2.24) is 9.55 Å². The predicted octanol–water partition coefficient (Wildman–Crippen LogP) is 3.99. The molecule has 2 aromatic rings. The Morgan fingerprint density at radius 1 is 1.29 bits per heavy atom. The van der Waals surface area contributed by atoms with Crippen LogP contribution in [0.2, 0.25) is 0 Å². The first kappa shape index (κ1) is 16.1. The van der Waals surface area contributed by atoms with E-state index in [1.54, 1.807) is 7.11 Å². The Morgan fingerprint density at radius 2 is 2.10 bits per heavy atom. The molecule has 0 atom stereocenters. The molecule has 4 nitrogen and oxygen atoms in total. The number of aromatic nitrogens is 2. The van der Waals surface area contributed by atoms with Crippen LogP contribution in [-0.4, -0.2) is 29.4 Å². The van der Waals surface area contributed by atoms with Gasteiger partial charge < -0.3 is 14.0 Å². The third-order valence-electron chi connectivity index (χ3n) is 3.38. The van der Waals surface area contributed by atoms with Crippen LogP contribution in [0.3, 0.4) is 0 Å². The van der Waals surface area contributed by atoms with Gasteiger partial charge in [-0.15, -0.1) is 11.6 Å². The number of hydrogen-bond donors (Lipinski definition) is 0. The van der Waals surface area contributed by atoms with E-state index >= 15 is 0 Å². The van der Waals surface area contributed by atoms with E-state index in [0.29, 0.717) is 12.0 Å². The molecule has 0 N–H and O–H groups in total. The minimum atomic E-state index is 0.296. The van der Waals surface area contributed by atoms with Crippen LogP contribution < -0.4 is 4.74 Å². The van der Waals surface area contributed by atoms with Crippen LogP contribution in [0.5, 0.6) is 5.75 Å². The highest BCUT2D eigenvalue weighted by molar-refractivity contribution is 6.16. The highest BCUT2D eigenvalue weighted by atomic mass is 35.5. The molecule has 0 aliphatic heterocycles. The fourth-order valence-corrected chi connectivity index (χ4v) is 2.53. The van der Waals surface area contributed by atoms with Gasteiger partial charge in [-0.25, -0.2) is 4.98 Å². The maximum Gasteiger partial charge on any atom is 0.124 e. The van der Waals surface area contributed by atoms with Crippen LogP contribution in [0.4, 0.5) is 0 Å². The topological polar surface area (TPSA) is 36.3 Å². The van der Waals surface area contributed by atoms with E-state index in [1.807, 2.05) is 18.2 Å². The standard InChI is InChI=1S/C16H23ClN2O2/c1-12(2)21-9-5-4-8-19-15-7-6-13(20-3)10-14(15)18-16(19)11-17/h6-7,10,12H,4-5,8-9,11H2,1-3H3. The lowest BCUT2D eigenvalue weighted by Gasteiger charge is -2.09. The zero-order valence-electron chi connectivity index (χ0n) is 12.9. The number of hydrogen-bond acceptors (Lipinski definition) is 3. The summed E-state index contributed by atoms with van der Waals surface area (Å²) in [6.07, 6.45) is 2.38. The molecular weight excluding hydrogens is 288 g/mol. The molecule has 0 aliphatic carbocycles. The fraction of sp³-hybridized carbons (Fsp3) is 0.562. The van der Waals surface area contributed by atoms with Crippen LogP contribution in [-0.2, 0) is 17.2 Å². The van der Waals surface area contributed by atoms with Crippen molar-refractivity contribution in [2.24, 2.45) is 0 Å². The van der Waals surface area contributed by atoms with Crippen molar-refractivity contribution in [2.45, 2.75) is 45.2 Å². The van der Waals surface area contributed by atoms with Gasteiger partial charge in [0.1, 0.15) is 11.6 Å². The number of rotatable bonds is 8. The second kappa shape index (κ2) is 7.66. The van der Waals surface area contributed by atoms with Gasteiger partial charge in [0.15, 0.2) is 0 Å². The molecule has 1 aromatic heterocycles. The van der Waals surface area contributed by atoms with E-state index in [-0.39, 0.29) is 0 Å². The van der Waals surface area contributed by atoms with Gasteiger partial charge in [-0.05, 0) is 38.8 Å². The molecule has 0 amide bonds. The maximum atomic E-state index is 6.02. The van der Waals surface area contributed by atoms with Gasteiger partial charge in [0.25, 0.3) is 0 Å². The minimum Gasteiger partial charge on any atom is -0.497 e. The number of imidazole rings is 1. The molecule has 0 unspecified atom stereocenters. The Kier molecular flexibility index (Phi) is 5.88. The summed E-state index contributed by atoms with van der Waals surface area (Å²) >= 11 is 6.02. The number of aryl methyl sites for hydroxylation is 1. The summed E-state index contributed by atoms with van der Waals surface area (Å²) in [6, 6.07) is 5.95. The zero-order chi connectivity index (χ0) is 15.2. The van der Waals surface area contributed by atoms with E-state index < -0.39 is 0 Å². The number of nitrogens with zero attached hydrogens (tertiary/aromatic N) is 2. The van der Waals surface area contributed by atoms with Gasteiger partial charge in [0.2, 0.25) is 0 Å². The number of alkyl halides is 1. The highest BCUT2D eigenvalue weighted by Crippen LogP contribution is 2.23. The van der Waals surface area contributed by atoms with Gasteiger partial charge >= 0.3 is 0 Å². The van der Waals surface area contributed by atoms with E-state index in [9.17, 15) is 0 Å². The quantitative estimate of drug-likeness (QED) is 0.546. The van der Waals surface area contributed by atoms with Crippen LogP contribution >= 0.6 is 11.6 Å². The van der Waals surface area contributed by atoms with Crippen molar-refractivity contribution in [2.75, 3.05) is 13.7 Å². The van der Waals surface area contributed by atoms with E-state index in [1.165, 1.54) is 0 Å². The summed E-state index contributed by atoms with van der Waals surface area (Å²) in [5.41, 5.74) is 2.04. The van der Waals surface area contributed by atoms with Crippen LogP contribution in [0.15, 0.2) is 18.2 Å². The maximum absolute atomic E-state index is 6.02. The predicted molar refractivity (Wildman–Crippen MR) is 86.2 cm³/mol. The van der Waals surface area contributed by atoms with Crippen molar-refractivity contribution in [3.63, 3.8) is 0 Å². The first-order valence-corrected chi connectivity index (χ1v) is 7.90. The lowest BCUT2D eigenvalue weighted by Crippen LogP contribution is -2.07. The Balaban J connectivity index is 2.07. The second-order valence-corrected chi connectivity index (χ2v) is 5.56. The number of ether oxygens (including phenoxy) is 2. The first-order valence-electron chi connectivity index (χ1n) is 7.36. The molecule has 0 radical (unpaired) electrons. The molecule has 2 rings (SSSR count). The average Bonchev–Trinajstić information content (AvgIpc) is 2.83. The molecule has 0 aliphatic rings. The molecule has 1 heterocycles. The molecule has 0 saturated carbocycles. The summed E-state index contributed by atoms with van der Waals surface area (Å²) in [6.45, 7) is 5.82.